The maximum absolute atomic E-state index is 12.9. The molecule has 3 N–H and O–H groups in total. The molecule has 116 valence electrons. The number of nitrogens with zero attached hydrogens (tertiary/aromatic N) is 1. The summed E-state index contributed by atoms with van der Waals surface area (Å²) >= 11 is 0. The van der Waals surface area contributed by atoms with Crippen molar-refractivity contribution in [2.24, 2.45) is 0 Å². The van der Waals surface area contributed by atoms with E-state index in [1.807, 2.05) is 20.8 Å². The topological polar surface area (TPSA) is 68.0 Å². The van der Waals surface area contributed by atoms with Crippen molar-refractivity contribution >= 4 is 11.7 Å². The molecule has 7 heteroatoms. The molecule has 21 heavy (non-hydrogen) atoms. The zero-order valence-corrected chi connectivity index (χ0v) is 12.1. The zero-order valence-electron chi connectivity index (χ0n) is 12.1. The fourth-order valence-corrected chi connectivity index (χ4v) is 1.96. The number of anilines is 1. The van der Waals surface area contributed by atoms with Crippen molar-refractivity contribution in [1.82, 2.24) is 10.3 Å². The van der Waals surface area contributed by atoms with Crippen molar-refractivity contribution in [3.63, 3.8) is 0 Å². The standard InChI is InChI=1S/C14H18F3N3O/c1-12(2,3)9-6-8(7-10(18)19-9)11(21)20-13(4-5-13)14(15,16)17/h6-7H,4-5H2,1-3H3,(H2,18,19)(H,20,21). The van der Waals surface area contributed by atoms with Gasteiger partial charge in [0.1, 0.15) is 11.4 Å². The summed E-state index contributed by atoms with van der Waals surface area (Å²) in [6.45, 7) is 5.65. The molecule has 0 unspecified atom stereocenters. The average Bonchev–Trinajstić information content (AvgIpc) is 3.07. The Balaban J connectivity index is 2.27. The molecule has 1 aliphatic rings. The van der Waals surface area contributed by atoms with Crippen molar-refractivity contribution in [2.45, 2.75) is 50.7 Å². The number of rotatable bonds is 2. The molecule has 1 aromatic heterocycles. The summed E-state index contributed by atoms with van der Waals surface area (Å²) in [5, 5.41) is 2.08. The summed E-state index contributed by atoms with van der Waals surface area (Å²) in [6, 6.07) is 2.77. The van der Waals surface area contributed by atoms with E-state index in [1.165, 1.54) is 12.1 Å². The van der Waals surface area contributed by atoms with Crippen LogP contribution in [0.15, 0.2) is 12.1 Å². The molecule has 0 saturated heterocycles. The Bertz CT molecular complexity index is 572. The van der Waals surface area contributed by atoms with E-state index in [0.717, 1.165) is 0 Å². The third kappa shape index (κ3) is 3.11. The minimum atomic E-state index is -4.44. The molecule has 0 atom stereocenters. The summed E-state index contributed by atoms with van der Waals surface area (Å²) in [5.74, 6) is -0.658. The first-order chi connectivity index (χ1) is 9.45. The first-order valence-electron chi connectivity index (χ1n) is 6.62. The fraction of sp³-hybridized carbons (Fsp3) is 0.571. The van der Waals surface area contributed by atoms with Gasteiger partial charge in [0.2, 0.25) is 0 Å². The first-order valence-corrected chi connectivity index (χ1v) is 6.62. The van der Waals surface area contributed by atoms with Gasteiger partial charge < -0.3 is 11.1 Å². The number of carbonyl (C=O) groups excluding carboxylic acids is 1. The van der Waals surface area contributed by atoms with Gasteiger partial charge in [-0.1, -0.05) is 20.8 Å². The zero-order chi connectivity index (χ0) is 16.1. The number of aromatic nitrogens is 1. The Labute approximate surface area is 120 Å². The number of pyridine rings is 1. The summed E-state index contributed by atoms with van der Waals surface area (Å²) in [6.07, 6.45) is -4.61. The Hall–Kier alpha value is -1.79. The van der Waals surface area contributed by atoms with Gasteiger partial charge in [0.05, 0.1) is 0 Å². The fourth-order valence-electron chi connectivity index (χ4n) is 1.96. The van der Waals surface area contributed by atoms with Crippen LogP contribution in [0.3, 0.4) is 0 Å². The number of amides is 1. The number of nitrogens with one attached hydrogen (secondary N) is 1. The number of nitrogens with two attached hydrogens (primary N) is 1. The van der Waals surface area contributed by atoms with Crippen LogP contribution in [0, 0.1) is 0 Å². The van der Waals surface area contributed by atoms with Crippen molar-refractivity contribution in [1.29, 1.82) is 0 Å². The van der Waals surface area contributed by atoms with Gasteiger partial charge in [-0.25, -0.2) is 4.98 Å². The molecule has 4 nitrogen and oxygen atoms in total. The molecule has 0 spiro atoms. The number of carbonyl (C=O) groups is 1. The van der Waals surface area contributed by atoms with Gasteiger partial charge >= 0.3 is 6.18 Å². The van der Waals surface area contributed by atoms with E-state index in [0.29, 0.717) is 5.69 Å². The highest BCUT2D eigenvalue weighted by atomic mass is 19.4. The van der Waals surface area contributed by atoms with Gasteiger partial charge in [0.15, 0.2) is 0 Å². The quantitative estimate of drug-likeness (QED) is 0.882. The molecule has 0 aromatic carbocycles. The first kappa shape index (κ1) is 15.6. The maximum atomic E-state index is 12.9. The van der Waals surface area contributed by atoms with Gasteiger partial charge in [-0.3, -0.25) is 4.79 Å². The molecule has 0 radical (unpaired) electrons. The normalized spacial score (nSPS) is 17.4. The van der Waals surface area contributed by atoms with E-state index in [-0.39, 0.29) is 29.6 Å². The molecular formula is C14H18F3N3O. The second kappa shape index (κ2) is 4.61. The molecule has 1 heterocycles. The molecular weight excluding hydrogens is 283 g/mol. The minimum Gasteiger partial charge on any atom is -0.384 e. The van der Waals surface area contributed by atoms with Crippen LogP contribution in [0.25, 0.3) is 0 Å². The second-order valence-electron chi connectivity index (χ2n) is 6.45. The molecule has 1 aromatic rings. The van der Waals surface area contributed by atoms with Gasteiger partial charge in [-0.15, -0.1) is 0 Å². The highest BCUT2D eigenvalue weighted by Crippen LogP contribution is 2.49. The summed E-state index contributed by atoms with van der Waals surface area (Å²) < 4.78 is 38.6. The lowest BCUT2D eigenvalue weighted by atomic mass is 9.90. The van der Waals surface area contributed by atoms with Crippen LogP contribution in [0.1, 0.15) is 49.7 Å². The third-order valence-corrected chi connectivity index (χ3v) is 3.52. The van der Waals surface area contributed by atoms with Gasteiger partial charge in [0, 0.05) is 16.7 Å². The number of alkyl halides is 3. The lowest BCUT2D eigenvalue weighted by Gasteiger charge is -2.22. The SMILES string of the molecule is CC(C)(C)c1cc(C(=O)NC2(C(F)(F)F)CC2)cc(N)n1. The van der Waals surface area contributed by atoms with Crippen LogP contribution in [-0.2, 0) is 5.41 Å². The van der Waals surface area contributed by atoms with E-state index in [2.05, 4.69) is 10.3 Å². The van der Waals surface area contributed by atoms with Crippen LogP contribution < -0.4 is 11.1 Å². The monoisotopic (exact) mass is 301 g/mol. The maximum Gasteiger partial charge on any atom is 0.411 e. The highest BCUT2D eigenvalue weighted by molar-refractivity contribution is 5.95. The minimum absolute atomic E-state index is 0.0884. The molecule has 2 rings (SSSR count). The molecule has 1 fully saturated rings. The predicted molar refractivity (Wildman–Crippen MR) is 72.8 cm³/mol. The lowest BCUT2D eigenvalue weighted by Crippen LogP contribution is -2.47. The second-order valence-corrected chi connectivity index (χ2v) is 6.45. The molecule has 0 aliphatic heterocycles. The smallest absolute Gasteiger partial charge is 0.384 e. The van der Waals surface area contributed by atoms with Crippen molar-refractivity contribution in [3.05, 3.63) is 23.4 Å². The molecule has 1 aliphatic carbocycles. The molecule has 1 saturated carbocycles. The van der Waals surface area contributed by atoms with Crippen molar-refractivity contribution < 1.29 is 18.0 Å². The van der Waals surface area contributed by atoms with Crippen LogP contribution in [0.5, 0.6) is 0 Å². The Morgan fingerprint density at radius 1 is 1.29 bits per heavy atom. The van der Waals surface area contributed by atoms with Crippen molar-refractivity contribution in [2.75, 3.05) is 5.73 Å². The molecule has 1 amide bonds. The number of hydrogen-bond acceptors (Lipinski definition) is 3. The van der Waals surface area contributed by atoms with Gasteiger partial charge in [0.25, 0.3) is 5.91 Å². The highest BCUT2D eigenvalue weighted by Gasteiger charge is 2.64. The third-order valence-electron chi connectivity index (χ3n) is 3.52. The van der Waals surface area contributed by atoms with Crippen molar-refractivity contribution in [3.8, 4) is 0 Å². The van der Waals surface area contributed by atoms with Gasteiger partial charge in [-0.2, -0.15) is 13.2 Å². The van der Waals surface area contributed by atoms with Crippen LogP contribution >= 0.6 is 0 Å². The van der Waals surface area contributed by atoms with E-state index in [1.54, 1.807) is 0 Å². The Morgan fingerprint density at radius 2 is 1.86 bits per heavy atom. The average molecular weight is 301 g/mol. The summed E-state index contributed by atoms with van der Waals surface area (Å²) in [5.41, 5.74) is 3.87. The van der Waals surface area contributed by atoms with Gasteiger partial charge in [-0.05, 0) is 25.0 Å². The summed E-state index contributed by atoms with van der Waals surface area (Å²) in [7, 11) is 0. The van der Waals surface area contributed by atoms with Crippen LogP contribution in [-0.4, -0.2) is 22.6 Å². The van der Waals surface area contributed by atoms with E-state index in [4.69, 9.17) is 5.73 Å². The summed E-state index contributed by atoms with van der Waals surface area (Å²) in [4.78, 5) is 16.2. The molecule has 0 bridgehead atoms. The van der Waals surface area contributed by atoms with Crippen LogP contribution in [0.2, 0.25) is 0 Å². The Morgan fingerprint density at radius 3 is 2.29 bits per heavy atom. The van der Waals surface area contributed by atoms with Crippen LogP contribution in [0.4, 0.5) is 19.0 Å². The lowest BCUT2D eigenvalue weighted by molar-refractivity contribution is -0.163. The Kier molecular flexibility index (Phi) is 3.42. The number of hydrogen-bond donors (Lipinski definition) is 2. The number of nitrogen functional groups attached to an aromatic ring is 1. The largest absolute Gasteiger partial charge is 0.411 e. The van der Waals surface area contributed by atoms with E-state index in [9.17, 15) is 18.0 Å². The van der Waals surface area contributed by atoms with E-state index < -0.39 is 17.6 Å². The number of halogens is 3. The predicted octanol–water partition coefficient (Wildman–Crippen LogP) is 2.79. The van der Waals surface area contributed by atoms with E-state index >= 15 is 0 Å².